The number of fused-ring (bicyclic) bond motifs is 1. The summed E-state index contributed by atoms with van der Waals surface area (Å²) in [5.74, 6) is -1.61. The smallest absolute Gasteiger partial charge is 0.744 e. The summed E-state index contributed by atoms with van der Waals surface area (Å²) in [4.78, 5) is -3.82. The van der Waals surface area contributed by atoms with Crippen LogP contribution in [-0.4, -0.2) is 85.6 Å². The number of nitrogen functional groups attached to an aromatic ring is 3. The first-order valence-electron chi connectivity index (χ1n) is 18.0. The third kappa shape index (κ3) is 25.5. The van der Waals surface area contributed by atoms with E-state index < -0.39 is 122 Å². The fraction of sp³-hybridized carbons (Fsp3) is 0.125. The Bertz CT molecular complexity index is 3440. The third-order valence-electron chi connectivity index (χ3n) is 8.40. The number of azo groups is 2. The number of nitrogens with two attached hydrogens (primary N) is 3. The van der Waals surface area contributed by atoms with Crippen molar-refractivity contribution in [2.45, 2.75) is 29.4 Å². The van der Waals surface area contributed by atoms with Gasteiger partial charge >= 0.3 is 177 Å². The van der Waals surface area contributed by atoms with Crippen LogP contribution in [0.3, 0.4) is 0 Å². The van der Waals surface area contributed by atoms with Gasteiger partial charge in [0, 0.05) is 15.7 Å². The molecule has 0 aliphatic heterocycles. The molecule has 0 aliphatic rings. The molecule has 0 saturated carbocycles. The fourth-order valence-electron chi connectivity index (χ4n) is 5.32. The second-order valence-corrected chi connectivity index (χ2v) is 23.0. The molecule has 0 fully saturated rings. The number of hydrogen-bond donors (Lipinski definition) is 4. The van der Waals surface area contributed by atoms with E-state index in [4.69, 9.17) is 17.2 Å². The molecule has 32 nitrogen and oxygen atoms in total. The van der Waals surface area contributed by atoms with Gasteiger partial charge in [-0.05, 0) is 72.8 Å². The molecule has 0 unspecified atom stereocenters. The van der Waals surface area contributed by atoms with Crippen molar-refractivity contribution in [1.29, 1.82) is 0 Å². The number of aromatic hydroxyl groups is 1. The minimum absolute atomic E-state index is 0. The fourth-order valence-corrected chi connectivity index (χ4v) is 10.6. The van der Waals surface area contributed by atoms with Crippen LogP contribution >= 0.6 is 36.7 Å². The van der Waals surface area contributed by atoms with Gasteiger partial charge in [0.2, 0.25) is 0 Å². The topological polar surface area (TPSA) is 531 Å². The monoisotopic (exact) mass is 1300 g/mol. The summed E-state index contributed by atoms with van der Waals surface area (Å²) in [6, 6.07) is 12.0. The van der Waals surface area contributed by atoms with E-state index in [1.165, 1.54) is 24.3 Å². The molecule has 7 N–H and O–H groups in total. The Morgan fingerprint density at radius 2 is 0.910 bits per heavy atom. The molecule has 78 heavy (non-hydrogen) atoms. The SMILES string of the molecule is Nc1cc(N)c(S(=O)(=O)[O-])cc1N=Nc1ccc(S(=O)(=O)CCOSOO[O-])cc1S(=O)(=O)[O-].Nc1ccc2c(O)cc(SOO[O-])cc2c1N=Nc1ccc(S(=O)(=O)CCOSOO[O-])cc1S(=O)(=O)[O-].[Na+].[Na+].[Na+].[Na+].[Na+].[Na+]. The number of rotatable bonds is 24. The van der Waals surface area contributed by atoms with Crippen LogP contribution in [0, 0.1) is 0 Å². The molecule has 5 aromatic rings. The van der Waals surface area contributed by atoms with Gasteiger partial charge in [0.1, 0.15) is 58.9 Å². The minimum atomic E-state index is -5.27. The average molecular weight is 1300 g/mol. The van der Waals surface area contributed by atoms with Gasteiger partial charge in [0.05, 0.1) is 78.3 Å². The number of sulfone groups is 2. The van der Waals surface area contributed by atoms with Crippen LogP contribution in [0.2, 0.25) is 0 Å². The molecule has 0 amide bonds. The van der Waals surface area contributed by atoms with E-state index in [0.717, 1.165) is 30.3 Å². The molecule has 5 rings (SSSR count). The second-order valence-electron chi connectivity index (χ2n) is 12.9. The van der Waals surface area contributed by atoms with Gasteiger partial charge in [-0.15, -0.1) is 29.1 Å². The van der Waals surface area contributed by atoms with Crippen LogP contribution in [-0.2, 0) is 86.5 Å². The summed E-state index contributed by atoms with van der Waals surface area (Å²) >= 11 is 0.619. The first-order valence-corrected chi connectivity index (χ1v) is 27.6. The predicted octanol–water partition coefficient (Wildman–Crippen LogP) is -17.1. The second kappa shape index (κ2) is 38.2. The van der Waals surface area contributed by atoms with Gasteiger partial charge < -0.3 is 51.7 Å². The maximum atomic E-state index is 12.5. The normalized spacial score (nSPS) is 11.7. The van der Waals surface area contributed by atoms with Crippen molar-refractivity contribution in [1.82, 2.24) is 0 Å². The summed E-state index contributed by atoms with van der Waals surface area (Å²) < 4.78 is 175. The van der Waals surface area contributed by atoms with Crippen LogP contribution in [0.4, 0.5) is 39.8 Å². The molecule has 0 aromatic heterocycles. The standard InChI is InChI=1S/C18H17N3O13S4.C14H16N4O12S4.6Na/c19-14-3-2-12-13(7-10(8-16(12)22)35-33-31-23)18(14)21-20-15-4-1-11(9-17(15)38(27,28)29)37(25,26)6-5-30-36-34-32-24;15-9-6-10(16)13(33(22,23)24)7-12(9)18-17-11-2-1-8(5-14(11)34(25,26)27)32(20,21)4-3-28-31-30-29-19;;;;;;/h1-4,7-9,22-24H,5-6,19H2,(H,27,28,29);1-2,5-7,19H,3-4,15-16H2,(H,22,23,24)(H,25,26,27);;;;;;/q;;6*+1/p-6. The number of benzene rings is 5. The van der Waals surface area contributed by atoms with Crippen molar-refractivity contribution in [3.05, 3.63) is 72.8 Å². The Balaban J connectivity index is -0.00000135. The Labute approximate surface area is 588 Å². The van der Waals surface area contributed by atoms with Crippen molar-refractivity contribution in [2.75, 3.05) is 41.9 Å². The van der Waals surface area contributed by atoms with Gasteiger partial charge in [0.25, 0.3) is 0 Å². The van der Waals surface area contributed by atoms with Crippen LogP contribution in [0.5, 0.6) is 5.75 Å². The van der Waals surface area contributed by atoms with Gasteiger partial charge in [-0.3, -0.25) is 23.5 Å². The summed E-state index contributed by atoms with van der Waals surface area (Å²) in [5, 5.41) is 64.2. The molecule has 0 aliphatic carbocycles. The molecule has 0 atom stereocenters. The molecule has 0 spiro atoms. The van der Waals surface area contributed by atoms with E-state index in [9.17, 15) is 76.6 Å². The first-order chi connectivity index (χ1) is 33.6. The van der Waals surface area contributed by atoms with Crippen LogP contribution in [0.15, 0.2) is 123 Å². The third-order valence-corrected chi connectivity index (χ3v) is 15.7. The Kier molecular flexibility index (Phi) is 40.8. The van der Waals surface area contributed by atoms with E-state index in [1.54, 1.807) is 0 Å². The number of anilines is 3. The van der Waals surface area contributed by atoms with Gasteiger partial charge in [-0.1, -0.05) is 0 Å². The molecule has 0 radical (unpaired) electrons. The largest absolute Gasteiger partial charge is 1.00 e. The molecular weight excluding hydrogens is 1280 g/mol. The Hall–Kier alpha value is 1.000. The molecule has 394 valence electrons. The maximum Gasteiger partial charge on any atom is 1.00 e. The number of phenols is 1. The van der Waals surface area contributed by atoms with Crippen LogP contribution in [0.1, 0.15) is 0 Å². The molecule has 0 saturated heterocycles. The van der Waals surface area contributed by atoms with Gasteiger partial charge in [-0.25, -0.2) is 42.1 Å². The van der Waals surface area contributed by atoms with Gasteiger partial charge in [-0.2, -0.15) is 4.33 Å². The van der Waals surface area contributed by atoms with Crippen LogP contribution in [0.25, 0.3) is 10.8 Å². The zero-order valence-corrected chi connectivity index (χ0v) is 59.3. The van der Waals surface area contributed by atoms with E-state index in [0.29, 0.717) is 30.2 Å². The summed E-state index contributed by atoms with van der Waals surface area (Å²) in [5.41, 5.74) is 14.9. The maximum absolute atomic E-state index is 12.5. The summed E-state index contributed by atoms with van der Waals surface area (Å²) in [6.45, 7) is -0.977. The van der Waals surface area contributed by atoms with Crippen molar-refractivity contribution in [3.63, 3.8) is 0 Å². The van der Waals surface area contributed by atoms with E-state index in [1.807, 2.05) is 0 Å². The Morgan fingerprint density at radius 3 is 1.35 bits per heavy atom. The van der Waals surface area contributed by atoms with Crippen molar-refractivity contribution in [3.8, 4) is 5.75 Å². The quantitative estimate of drug-likeness (QED) is 0.00651. The Morgan fingerprint density at radius 1 is 0.474 bits per heavy atom. The summed E-state index contributed by atoms with van der Waals surface area (Å²) in [6.07, 6.45) is 0. The number of nitrogens with zero attached hydrogens (tertiary/aromatic N) is 4. The van der Waals surface area contributed by atoms with Crippen molar-refractivity contribution >= 4 is 137 Å². The number of phenolic OH excluding ortho intramolecular Hbond substituents is 1. The van der Waals surface area contributed by atoms with E-state index in [-0.39, 0.29) is 240 Å². The molecule has 0 heterocycles. The molecular formula is C32H27N7Na6O25S8. The van der Waals surface area contributed by atoms with Crippen LogP contribution < -0.4 is 210 Å². The van der Waals surface area contributed by atoms with E-state index >= 15 is 0 Å². The zero-order valence-electron chi connectivity index (χ0n) is 40.8. The van der Waals surface area contributed by atoms with Crippen molar-refractivity contribution in [2.24, 2.45) is 20.5 Å². The zero-order chi connectivity index (χ0) is 53.7. The summed E-state index contributed by atoms with van der Waals surface area (Å²) in [7, 11) is -23.8. The predicted molar refractivity (Wildman–Crippen MR) is 234 cm³/mol. The van der Waals surface area contributed by atoms with Crippen molar-refractivity contribution < 1.29 is 290 Å². The minimum Gasteiger partial charge on any atom is -0.744 e. The number of hydrogen-bond acceptors (Lipinski definition) is 35. The first kappa shape index (κ1) is 83.2. The molecule has 5 aromatic carbocycles. The average Bonchev–Trinajstić information content (AvgIpc) is 3.29. The van der Waals surface area contributed by atoms with Gasteiger partial charge in [0.15, 0.2) is 44.3 Å². The van der Waals surface area contributed by atoms with E-state index in [2.05, 4.69) is 56.9 Å². The molecule has 0 bridgehead atoms. The molecule has 46 heteroatoms.